The number of amides is 2. The number of ether oxygens (including phenoxy) is 2. The second-order valence-corrected chi connectivity index (χ2v) is 7.69. The van der Waals surface area contributed by atoms with E-state index in [1.54, 1.807) is 6.92 Å². The molecule has 0 spiro atoms. The zero-order chi connectivity index (χ0) is 24.7. The third kappa shape index (κ3) is 5.76. The molecule has 0 bridgehead atoms. The molecular weight excluding hydrogens is 464 g/mol. The molecule has 0 aliphatic carbocycles. The van der Waals surface area contributed by atoms with Crippen LogP contribution in [0.25, 0.3) is 10.8 Å². The largest absolute Gasteiger partial charge is 0.490 e. The maximum absolute atomic E-state index is 12.6. The number of nitrogens with one attached hydrogen (secondary N) is 4. The van der Waals surface area contributed by atoms with E-state index in [-0.39, 0.29) is 33.6 Å². The second-order valence-electron chi connectivity index (χ2n) is 7.29. The quantitative estimate of drug-likeness (QED) is 0.323. The van der Waals surface area contributed by atoms with E-state index in [4.69, 9.17) is 21.1 Å². The van der Waals surface area contributed by atoms with Gasteiger partial charge in [-0.15, -0.1) is 0 Å². The van der Waals surface area contributed by atoms with Crippen LogP contribution < -0.4 is 31.2 Å². The van der Waals surface area contributed by atoms with Crippen LogP contribution in [-0.4, -0.2) is 41.8 Å². The zero-order valence-electron chi connectivity index (χ0n) is 18.7. The average Bonchev–Trinajstić information content (AvgIpc) is 2.81. The van der Waals surface area contributed by atoms with Crippen molar-refractivity contribution in [1.82, 2.24) is 15.5 Å². The van der Waals surface area contributed by atoms with Crippen molar-refractivity contribution < 1.29 is 19.1 Å². The van der Waals surface area contributed by atoms with Crippen molar-refractivity contribution >= 4 is 39.9 Å². The number of unbranched alkanes of at least 4 members (excludes halogenated alkanes) is 1. The van der Waals surface area contributed by atoms with Crippen LogP contribution in [0, 0.1) is 0 Å². The van der Waals surface area contributed by atoms with Gasteiger partial charge in [0.2, 0.25) is 5.91 Å². The Balaban J connectivity index is 1.72. The molecule has 0 unspecified atom stereocenters. The molecule has 11 heteroatoms. The number of carbonyl (C=O) groups is 2. The molecule has 3 aromatic rings. The number of fused-ring (bicyclic) bond motifs is 1. The molecule has 0 fully saturated rings. The molecule has 2 aromatic carbocycles. The number of aromatic nitrogens is 2. The minimum Gasteiger partial charge on any atom is -0.490 e. The topological polar surface area (TPSA) is 142 Å². The first-order valence-corrected chi connectivity index (χ1v) is 11.1. The lowest BCUT2D eigenvalue weighted by Crippen LogP contribution is -2.33. The van der Waals surface area contributed by atoms with Crippen molar-refractivity contribution in [3.05, 3.63) is 61.6 Å². The standard InChI is InChI=1S/C23H25ClN4O6/c1-3-5-9-34-20-15(24)10-13(11-17(20)33-4-2)21(30)25-12-18(29)26-16-8-6-7-14-19(16)23(32)28-27-22(14)31/h6-8,10-11H,3-5,9,12H2,1-2H3,(H,25,30)(H,26,29)(H,27,31)(H,28,32). The fraction of sp³-hybridized carbons (Fsp3) is 0.304. The van der Waals surface area contributed by atoms with Crippen molar-refractivity contribution in [2.45, 2.75) is 26.7 Å². The van der Waals surface area contributed by atoms with Crippen LogP contribution in [0.1, 0.15) is 37.0 Å². The van der Waals surface area contributed by atoms with E-state index in [1.165, 1.54) is 30.3 Å². The van der Waals surface area contributed by atoms with Gasteiger partial charge >= 0.3 is 0 Å². The molecule has 4 N–H and O–H groups in total. The molecule has 0 atom stereocenters. The van der Waals surface area contributed by atoms with Crippen molar-refractivity contribution in [3.8, 4) is 11.5 Å². The lowest BCUT2D eigenvalue weighted by Gasteiger charge is -2.15. The Labute approximate surface area is 199 Å². The number of H-pyrrole nitrogens is 2. The first-order chi connectivity index (χ1) is 16.3. The smallest absolute Gasteiger partial charge is 0.272 e. The van der Waals surface area contributed by atoms with Crippen molar-refractivity contribution in [2.75, 3.05) is 25.1 Å². The third-order valence-electron chi connectivity index (χ3n) is 4.83. The fourth-order valence-electron chi connectivity index (χ4n) is 3.21. The molecule has 0 saturated carbocycles. The molecule has 0 radical (unpaired) electrons. The normalized spacial score (nSPS) is 10.7. The number of benzene rings is 2. The van der Waals surface area contributed by atoms with Crippen LogP contribution in [0.15, 0.2) is 39.9 Å². The van der Waals surface area contributed by atoms with Crippen LogP contribution in [0.4, 0.5) is 5.69 Å². The highest BCUT2D eigenvalue weighted by atomic mass is 35.5. The number of hydrogen-bond acceptors (Lipinski definition) is 6. The summed E-state index contributed by atoms with van der Waals surface area (Å²) in [5, 5.41) is 9.88. The molecule has 1 aromatic heterocycles. The number of hydrogen-bond donors (Lipinski definition) is 4. The van der Waals surface area contributed by atoms with E-state index in [1.807, 2.05) is 6.92 Å². The Kier molecular flexibility index (Phi) is 8.31. The summed E-state index contributed by atoms with van der Waals surface area (Å²) in [5.41, 5.74) is -0.714. The highest BCUT2D eigenvalue weighted by molar-refractivity contribution is 6.32. The molecule has 3 rings (SSSR count). The summed E-state index contributed by atoms with van der Waals surface area (Å²) in [5.74, 6) is -0.440. The first-order valence-electron chi connectivity index (χ1n) is 10.8. The Morgan fingerprint density at radius 1 is 1.06 bits per heavy atom. The Morgan fingerprint density at radius 3 is 2.56 bits per heavy atom. The van der Waals surface area contributed by atoms with E-state index in [9.17, 15) is 19.2 Å². The van der Waals surface area contributed by atoms with Gasteiger partial charge in [0, 0.05) is 5.56 Å². The Bertz CT molecular complexity index is 1320. The summed E-state index contributed by atoms with van der Waals surface area (Å²) in [6.07, 6.45) is 1.80. The molecule has 0 aliphatic heterocycles. The van der Waals surface area contributed by atoms with Crippen LogP contribution in [0.2, 0.25) is 5.02 Å². The summed E-state index contributed by atoms with van der Waals surface area (Å²) in [6, 6.07) is 7.43. The number of halogens is 1. The Hall–Kier alpha value is -3.79. The van der Waals surface area contributed by atoms with E-state index >= 15 is 0 Å². The zero-order valence-corrected chi connectivity index (χ0v) is 19.5. The van der Waals surface area contributed by atoms with E-state index in [2.05, 4.69) is 20.8 Å². The van der Waals surface area contributed by atoms with E-state index in [0.29, 0.717) is 24.7 Å². The van der Waals surface area contributed by atoms with Gasteiger partial charge < -0.3 is 20.1 Å². The fourth-order valence-corrected chi connectivity index (χ4v) is 3.48. The number of anilines is 1. The highest BCUT2D eigenvalue weighted by Crippen LogP contribution is 2.37. The average molecular weight is 489 g/mol. The van der Waals surface area contributed by atoms with E-state index in [0.717, 1.165) is 12.8 Å². The molecule has 2 amide bonds. The van der Waals surface area contributed by atoms with Gasteiger partial charge in [0.1, 0.15) is 0 Å². The molecule has 34 heavy (non-hydrogen) atoms. The predicted molar refractivity (Wildman–Crippen MR) is 129 cm³/mol. The minimum atomic E-state index is -0.587. The van der Waals surface area contributed by atoms with Gasteiger partial charge in [-0.3, -0.25) is 29.4 Å². The van der Waals surface area contributed by atoms with Crippen molar-refractivity contribution in [1.29, 1.82) is 0 Å². The second kappa shape index (κ2) is 11.4. The Morgan fingerprint density at radius 2 is 1.82 bits per heavy atom. The third-order valence-corrected chi connectivity index (χ3v) is 5.11. The molecule has 1 heterocycles. The molecule has 0 aliphatic rings. The monoisotopic (exact) mass is 488 g/mol. The molecular formula is C23H25ClN4O6. The summed E-state index contributed by atoms with van der Waals surface area (Å²) in [7, 11) is 0. The predicted octanol–water partition coefficient (Wildman–Crippen LogP) is 2.82. The van der Waals surface area contributed by atoms with Gasteiger partial charge in [-0.05, 0) is 37.6 Å². The van der Waals surface area contributed by atoms with Crippen molar-refractivity contribution in [3.63, 3.8) is 0 Å². The maximum Gasteiger partial charge on any atom is 0.272 e. The number of aromatic amines is 2. The van der Waals surface area contributed by atoms with Gasteiger partial charge in [0.15, 0.2) is 11.5 Å². The van der Waals surface area contributed by atoms with Gasteiger partial charge in [-0.25, -0.2) is 0 Å². The molecule has 10 nitrogen and oxygen atoms in total. The van der Waals surface area contributed by atoms with Gasteiger partial charge in [-0.2, -0.15) is 0 Å². The van der Waals surface area contributed by atoms with Crippen LogP contribution in [0.3, 0.4) is 0 Å². The first kappa shape index (κ1) is 24.8. The van der Waals surface area contributed by atoms with Gasteiger partial charge in [0.05, 0.1) is 41.2 Å². The lowest BCUT2D eigenvalue weighted by molar-refractivity contribution is -0.115. The minimum absolute atomic E-state index is 0.0396. The number of rotatable bonds is 10. The SMILES string of the molecule is CCCCOc1c(Cl)cc(C(=O)NCC(=O)Nc2cccc3c(=O)[nH][nH]c(=O)c23)cc1OCC. The van der Waals surface area contributed by atoms with Crippen LogP contribution >= 0.6 is 11.6 Å². The van der Waals surface area contributed by atoms with Crippen molar-refractivity contribution in [2.24, 2.45) is 0 Å². The lowest BCUT2D eigenvalue weighted by atomic mass is 10.1. The highest BCUT2D eigenvalue weighted by Gasteiger charge is 2.17. The summed E-state index contributed by atoms with van der Waals surface area (Å²) in [4.78, 5) is 49.1. The summed E-state index contributed by atoms with van der Waals surface area (Å²) < 4.78 is 11.3. The van der Waals surface area contributed by atoms with Gasteiger partial charge in [-0.1, -0.05) is 31.0 Å². The van der Waals surface area contributed by atoms with Crippen LogP contribution in [-0.2, 0) is 4.79 Å². The summed E-state index contributed by atoms with van der Waals surface area (Å²) in [6.45, 7) is 4.27. The number of carbonyl (C=O) groups excluding carboxylic acids is 2. The summed E-state index contributed by atoms with van der Waals surface area (Å²) >= 11 is 6.32. The van der Waals surface area contributed by atoms with E-state index < -0.39 is 22.9 Å². The van der Waals surface area contributed by atoms with Gasteiger partial charge in [0.25, 0.3) is 17.0 Å². The van der Waals surface area contributed by atoms with Crippen LogP contribution in [0.5, 0.6) is 11.5 Å². The molecule has 180 valence electrons. The molecule has 0 saturated heterocycles. The maximum atomic E-state index is 12.6.